The number of carbonyl (C=O) groups is 1. The Bertz CT molecular complexity index is 556. The Balaban J connectivity index is 2.30. The third-order valence-electron chi connectivity index (χ3n) is 2.80. The van der Waals surface area contributed by atoms with E-state index in [2.05, 4.69) is 15.3 Å². The first-order valence-electron chi connectivity index (χ1n) is 6.12. The molecule has 98 valence electrons. The van der Waals surface area contributed by atoms with Gasteiger partial charge < -0.3 is 10.2 Å². The van der Waals surface area contributed by atoms with Gasteiger partial charge >= 0.3 is 0 Å². The second-order valence-electron chi connectivity index (χ2n) is 3.93. The van der Waals surface area contributed by atoms with Crippen LogP contribution < -0.4 is 10.2 Å². The van der Waals surface area contributed by atoms with Crippen molar-refractivity contribution in [3.05, 3.63) is 48.5 Å². The fraction of sp³-hybridized carbons (Fsp3) is 0.214. The number of nitrogens with zero attached hydrogens (tertiary/aromatic N) is 3. The van der Waals surface area contributed by atoms with Gasteiger partial charge in [0, 0.05) is 43.6 Å². The van der Waals surface area contributed by atoms with Gasteiger partial charge in [-0.1, -0.05) is 0 Å². The van der Waals surface area contributed by atoms with Gasteiger partial charge in [0.05, 0.1) is 0 Å². The van der Waals surface area contributed by atoms with E-state index < -0.39 is 0 Å². The van der Waals surface area contributed by atoms with E-state index in [0.29, 0.717) is 12.2 Å². The van der Waals surface area contributed by atoms with Crippen molar-refractivity contribution in [1.82, 2.24) is 9.97 Å². The van der Waals surface area contributed by atoms with Crippen molar-refractivity contribution in [3.8, 4) is 0 Å². The molecule has 2 heterocycles. The zero-order valence-electron chi connectivity index (χ0n) is 11.0. The van der Waals surface area contributed by atoms with Gasteiger partial charge in [-0.3, -0.25) is 14.8 Å². The predicted molar refractivity (Wildman–Crippen MR) is 75.4 cm³/mol. The second kappa shape index (κ2) is 5.95. The Morgan fingerprint density at radius 1 is 1.26 bits per heavy atom. The first kappa shape index (κ1) is 13.0. The van der Waals surface area contributed by atoms with Crippen molar-refractivity contribution in [2.75, 3.05) is 23.8 Å². The van der Waals surface area contributed by atoms with Crippen molar-refractivity contribution >= 4 is 17.3 Å². The van der Waals surface area contributed by atoms with E-state index in [1.165, 1.54) is 0 Å². The molecule has 0 unspecified atom stereocenters. The summed E-state index contributed by atoms with van der Waals surface area (Å²) in [4.78, 5) is 22.2. The Labute approximate surface area is 112 Å². The molecule has 2 rings (SSSR count). The molecule has 0 radical (unpaired) electrons. The SMILES string of the molecule is CCN(C(=O)c1cc(NC)ccn1)c1ccncc1. The highest BCUT2D eigenvalue weighted by Crippen LogP contribution is 2.16. The number of amides is 1. The van der Waals surface area contributed by atoms with Crippen LogP contribution in [0.5, 0.6) is 0 Å². The Morgan fingerprint density at radius 3 is 2.63 bits per heavy atom. The van der Waals surface area contributed by atoms with E-state index >= 15 is 0 Å². The van der Waals surface area contributed by atoms with Crippen LogP contribution in [0.2, 0.25) is 0 Å². The molecule has 19 heavy (non-hydrogen) atoms. The van der Waals surface area contributed by atoms with Crippen LogP contribution in [0.4, 0.5) is 11.4 Å². The maximum Gasteiger partial charge on any atom is 0.276 e. The lowest BCUT2D eigenvalue weighted by Crippen LogP contribution is -2.31. The molecule has 0 aliphatic rings. The smallest absolute Gasteiger partial charge is 0.276 e. The summed E-state index contributed by atoms with van der Waals surface area (Å²) in [6.07, 6.45) is 4.96. The van der Waals surface area contributed by atoms with Crippen LogP contribution in [0, 0.1) is 0 Å². The Morgan fingerprint density at radius 2 is 2.00 bits per heavy atom. The number of anilines is 2. The number of nitrogens with one attached hydrogen (secondary N) is 1. The zero-order chi connectivity index (χ0) is 13.7. The van der Waals surface area contributed by atoms with Crippen LogP contribution in [0.15, 0.2) is 42.9 Å². The van der Waals surface area contributed by atoms with Gasteiger partial charge in [0.25, 0.3) is 5.91 Å². The first-order valence-corrected chi connectivity index (χ1v) is 6.12. The summed E-state index contributed by atoms with van der Waals surface area (Å²) in [5, 5.41) is 3.00. The molecular weight excluding hydrogens is 240 g/mol. The number of pyridine rings is 2. The topological polar surface area (TPSA) is 58.1 Å². The molecule has 0 spiro atoms. The minimum Gasteiger partial charge on any atom is -0.388 e. The van der Waals surface area contributed by atoms with Crippen molar-refractivity contribution in [1.29, 1.82) is 0 Å². The van der Waals surface area contributed by atoms with Crippen molar-refractivity contribution < 1.29 is 4.79 Å². The van der Waals surface area contributed by atoms with E-state index in [4.69, 9.17) is 0 Å². The summed E-state index contributed by atoms with van der Waals surface area (Å²) in [5.41, 5.74) is 2.11. The standard InChI is InChI=1S/C14H16N4O/c1-3-18(12-5-7-16-8-6-12)14(19)13-10-11(15-2)4-9-17-13/h4-10H,3H2,1-2H3,(H,15,17). The molecule has 0 aromatic carbocycles. The molecule has 0 saturated heterocycles. The predicted octanol–water partition coefficient (Wildman–Crippen LogP) is 2.18. The number of hydrogen-bond donors (Lipinski definition) is 1. The van der Waals surface area contributed by atoms with Crippen LogP contribution in [-0.4, -0.2) is 29.5 Å². The third kappa shape index (κ3) is 2.88. The monoisotopic (exact) mass is 256 g/mol. The van der Waals surface area contributed by atoms with Gasteiger partial charge in [0.2, 0.25) is 0 Å². The highest BCUT2D eigenvalue weighted by molar-refractivity contribution is 6.05. The summed E-state index contributed by atoms with van der Waals surface area (Å²) in [5.74, 6) is -0.120. The van der Waals surface area contributed by atoms with Gasteiger partial charge in [-0.15, -0.1) is 0 Å². The summed E-state index contributed by atoms with van der Waals surface area (Å²) in [7, 11) is 1.81. The van der Waals surface area contributed by atoms with Crippen molar-refractivity contribution in [2.45, 2.75) is 6.92 Å². The van der Waals surface area contributed by atoms with Gasteiger partial charge in [0.1, 0.15) is 5.69 Å². The molecule has 5 nitrogen and oxygen atoms in total. The molecule has 2 aromatic heterocycles. The quantitative estimate of drug-likeness (QED) is 0.911. The van der Waals surface area contributed by atoms with Gasteiger partial charge in [-0.25, -0.2) is 0 Å². The Hall–Kier alpha value is -2.43. The molecule has 0 aliphatic heterocycles. The molecule has 1 amide bonds. The molecule has 0 saturated carbocycles. The summed E-state index contributed by atoms with van der Waals surface area (Å²) in [6.45, 7) is 2.51. The molecule has 0 aliphatic carbocycles. The summed E-state index contributed by atoms with van der Waals surface area (Å²) < 4.78 is 0. The highest BCUT2D eigenvalue weighted by atomic mass is 16.2. The molecule has 2 aromatic rings. The largest absolute Gasteiger partial charge is 0.388 e. The van der Waals surface area contributed by atoms with Gasteiger partial charge in [0.15, 0.2) is 0 Å². The van der Waals surface area contributed by atoms with Crippen LogP contribution in [-0.2, 0) is 0 Å². The zero-order valence-corrected chi connectivity index (χ0v) is 11.0. The van der Waals surface area contributed by atoms with Gasteiger partial charge in [-0.2, -0.15) is 0 Å². The number of hydrogen-bond acceptors (Lipinski definition) is 4. The highest BCUT2D eigenvalue weighted by Gasteiger charge is 2.17. The van der Waals surface area contributed by atoms with Crippen molar-refractivity contribution in [3.63, 3.8) is 0 Å². The average Bonchev–Trinajstić information content (AvgIpc) is 2.49. The summed E-state index contributed by atoms with van der Waals surface area (Å²) in [6, 6.07) is 7.18. The molecule has 5 heteroatoms. The lowest BCUT2D eigenvalue weighted by molar-refractivity contribution is 0.0983. The van der Waals surface area contributed by atoms with E-state index in [0.717, 1.165) is 11.4 Å². The fourth-order valence-electron chi connectivity index (χ4n) is 1.81. The molecule has 0 fully saturated rings. The molecule has 0 bridgehead atoms. The van der Waals surface area contributed by atoms with Gasteiger partial charge in [-0.05, 0) is 31.2 Å². The molecule has 1 N–H and O–H groups in total. The maximum atomic E-state index is 12.5. The van der Waals surface area contributed by atoms with E-state index in [1.54, 1.807) is 29.6 Å². The van der Waals surface area contributed by atoms with Crippen LogP contribution >= 0.6 is 0 Å². The van der Waals surface area contributed by atoms with Crippen LogP contribution in [0.3, 0.4) is 0 Å². The normalized spacial score (nSPS) is 10.0. The first-order chi connectivity index (χ1) is 9.26. The van der Waals surface area contributed by atoms with E-state index in [9.17, 15) is 4.79 Å². The number of aromatic nitrogens is 2. The minimum absolute atomic E-state index is 0.120. The fourth-order valence-corrected chi connectivity index (χ4v) is 1.81. The van der Waals surface area contributed by atoms with Crippen LogP contribution in [0.1, 0.15) is 17.4 Å². The number of rotatable bonds is 4. The lowest BCUT2D eigenvalue weighted by Gasteiger charge is -2.20. The number of carbonyl (C=O) groups excluding carboxylic acids is 1. The second-order valence-corrected chi connectivity index (χ2v) is 3.93. The molecule has 0 atom stereocenters. The van der Waals surface area contributed by atoms with Crippen LogP contribution in [0.25, 0.3) is 0 Å². The van der Waals surface area contributed by atoms with E-state index in [1.807, 2.05) is 32.2 Å². The Kier molecular flexibility index (Phi) is 4.07. The minimum atomic E-state index is -0.120. The lowest BCUT2D eigenvalue weighted by atomic mass is 10.2. The maximum absolute atomic E-state index is 12.5. The average molecular weight is 256 g/mol. The van der Waals surface area contributed by atoms with E-state index in [-0.39, 0.29) is 5.91 Å². The summed E-state index contributed by atoms with van der Waals surface area (Å²) >= 11 is 0. The molecular formula is C14H16N4O. The third-order valence-corrected chi connectivity index (χ3v) is 2.80. The van der Waals surface area contributed by atoms with Crippen molar-refractivity contribution in [2.24, 2.45) is 0 Å².